The van der Waals surface area contributed by atoms with Gasteiger partial charge in [0.15, 0.2) is 0 Å². The quantitative estimate of drug-likeness (QED) is 0.277. The number of carbonyl (C=O) groups excluding carboxylic acids is 4. The van der Waals surface area contributed by atoms with Gasteiger partial charge >= 0.3 is 0 Å². The highest BCUT2D eigenvalue weighted by Crippen LogP contribution is 2.52. The van der Waals surface area contributed by atoms with Gasteiger partial charge in [-0.05, 0) is 75.7 Å². The average Bonchev–Trinajstić information content (AvgIpc) is 3.72. The summed E-state index contributed by atoms with van der Waals surface area (Å²) in [6.07, 6.45) is 15.0. The highest BCUT2D eigenvalue weighted by molar-refractivity contribution is 8.03. The van der Waals surface area contributed by atoms with Gasteiger partial charge in [0, 0.05) is 22.0 Å². The number of aliphatic hydroxyl groups excluding tert-OH is 1. The third-order valence-corrected chi connectivity index (χ3v) is 11.9. The second kappa shape index (κ2) is 10.4. The second-order valence-corrected chi connectivity index (χ2v) is 14.4. The van der Waals surface area contributed by atoms with Crippen LogP contribution >= 0.6 is 23.5 Å². The van der Waals surface area contributed by atoms with Crippen molar-refractivity contribution < 1.29 is 24.3 Å². The summed E-state index contributed by atoms with van der Waals surface area (Å²) < 4.78 is 0. The van der Waals surface area contributed by atoms with Crippen LogP contribution in [0.5, 0.6) is 0 Å². The number of thioether (sulfide) groups is 2. The van der Waals surface area contributed by atoms with E-state index in [1.54, 1.807) is 45.5 Å². The van der Waals surface area contributed by atoms with Crippen molar-refractivity contribution in [1.82, 2.24) is 9.80 Å². The smallest absolute Gasteiger partial charge is 0.254 e. The molecule has 4 amide bonds. The summed E-state index contributed by atoms with van der Waals surface area (Å²) in [6, 6.07) is 0. The minimum atomic E-state index is -0.362. The molecule has 0 spiro atoms. The van der Waals surface area contributed by atoms with E-state index < -0.39 is 0 Å². The molecule has 2 aliphatic carbocycles. The van der Waals surface area contributed by atoms with Gasteiger partial charge in [0.25, 0.3) is 11.8 Å². The number of fused-ring (bicyclic) bond motifs is 2. The molecule has 0 aromatic rings. The Morgan fingerprint density at radius 2 is 1.16 bits per heavy atom. The molecular weight excluding hydrogens is 520 g/mol. The van der Waals surface area contributed by atoms with Crippen molar-refractivity contribution in [2.75, 3.05) is 11.5 Å². The van der Waals surface area contributed by atoms with Crippen molar-refractivity contribution in [3.63, 3.8) is 0 Å². The van der Waals surface area contributed by atoms with Crippen LogP contribution in [0, 0.1) is 11.8 Å². The van der Waals surface area contributed by atoms with Crippen LogP contribution in [0.3, 0.4) is 0 Å². The highest BCUT2D eigenvalue weighted by atomic mass is 32.2. The van der Waals surface area contributed by atoms with Gasteiger partial charge in [0.05, 0.1) is 29.0 Å². The molecule has 2 saturated carbocycles. The lowest BCUT2D eigenvalue weighted by Gasteiger charge is -2.34. The fourth-order valence-electron chi connectivity index (χ4n) is 6.96. The standard InChI is InChI=1S/C29H38N2O5S2/c32-19(5-1-3-9-28(11-12-28)30-24(33)17-22-20(26(30)35)7-15-37-22)6-2-4-10-29(13-14-29)31-25(34)18-23-21(27(31)36)8-16-38-23/h17-21,32H,1-16H2. The van der Waals surface area contributed by atoms with E-state index in [0.29, 0.717) is 0 Å². The van der Waals surface area contributed by atoms with E-state index in [9.17, 15) is 24.3 Å². The molecule has 4 fully saturated rings. The number of unbranched alkanes of at least 4 members (excludes halogenated alkanes) is 2. The van der Waals surface area contributed by atoms with Crippen LogP contribution in [-0.2, 0) is 19.2 Å². The van der Waals surface area contributed by atoms with Gasteiger partial charge in [-0.1, -0.05) is 25.7 Å². The van der Waals surface area contributed by atoms with Gasteiger partial charge in [-0.25, -0.2) is 0 Å². The zero-order valence-corrected chi connectivity index (χ0v) is 23.6. The van der Waals surface area contributed by atoms with Crippen LogP contribution < -0.4 is 0 Å². The SMILES string of the molecule is O=C1C=C2SCCC2C(=O)N1C1(CCCCC(O)CCCCC2(N3C(=O)C=C4SCCC4C3=O)CC2)CC1. The van der Waals surface area contributed by atoms with E-state index in [1.165, 1.54) is 0 Å². The maximum absolute atomic E-state index is 13.0. The van der Waals surface area contributed by atoms with Crippen LogP contribution in [0.2, 0.25) is 0 Å². The zero-order chi connectivity index (χ0) is 26.5. The molecule has 38 heavy (non-hydrogen) atoms. The topological polar surface area (TPSA) is 95.0 Å². The molecule has 2 unspecified atom stereocenters. The van der Waals surface area contributed by atoms with Crippen LogP contribution in [0.1, 0.15) is 89.9 Å². The molecule has 4 heterocycles. The molecule has 206 valence electrons. The molecule has 9 heteroatoms. The largest absolute Gasteiger partial charge is 0.393 e. The van der Waals surface area contributed by atoms with E-state index in [1.807, 2.05) is 0 Å². The van der Waals surface area contributed by atoms with Gasteiger partial charge in [0.2, 0.25) is 11.8 Å². The van der Waals surface area contributed by atoms with Crippen LogP contribution in [-0.4, -0.2) is 67.2 Å². The first kappa shape index (κ1) is 26.6. The minimum Gasteiger partial charge on any atom is -0.393 e. The zero-order valence-electron chi connectivity index (χ0n) is 22.0. The Kier molecular flexibility index (Phi) is 7.31. The molecule has 2 atom stereocenters. The monoisotopic (exact) mass is 558 g/mol. The number of aliphatic hydroxyl groups is 1. The Morgan fingerprint density at radius 1 is 0.737 bits per heavy atom. The molecule has 6 rings (SSSR count). The summed E-state index contributed by atoms with van der Waals surface area (Å²) in [5, 5.41) is 10.6. The fourth-order valence-corrected chi connectivity index (χ4v) is 9.34. The van der Waals surface area contributed by atoms with Gasteiger partial charge in [0.1, 0.15) is 0 Å². The molecule has 0 bridgehead atoms. The van der Waals surface area contributed by atoms with Crippen molar-refractivity contribution in [2.24, 2.45) is 11.8 Å². The van der Waals surface area contributed by atoms with Crippen molar-refractivity contribution >= 4 is 47.2 Å². The van der Waals surface area contributed by atoms with Crippen molar-refractivity contribution in [3.05, 3.63) is 22.0 Å². The lowest BCUT2D eigenvalue weighted by Crippen LogP contribution is -2.50. The summed E-state index contributed by atoms with van der Waals surface area (Å²) in [7, 11) is 0. The van der Waals surface area contributed by atoms with E-state index in [-0.39, 0.29) is 52.6 Å². The van der Waals surface area contributed by atoms with Crippen LogP contribution in [0.4, 0.5) is 0 Å². The minimum absolute atomic E-state index is 0.00927. The molecule has 7 nitrogen and oxygen atoms in total. The third-order valence-electron chi connectivity index (χ3n) is 9.51. The van der Waals surface area contributed by atoms with E-state index in [2.05, 4.69) is 0 Å². The van der Waals surface area contributed by atoms with Crippen molar-refractivity contribution in [2.45, 2.75) is 107 Å². The number of amides is 4. The van der Waals surface area contributed by atoms with Crippen molar-refractivity contribution in [3.8, 4) is 0 Å². The first-order valence-electron chi connectivity index (χ1n) is 14.5. The lowest BCUT2D eigenvalue weighted by molar-refractivity contribution is -0.150. The Bertz CT molecular complexity index is 1010. The average molecular weight is 559 g/mol. The third kappa shape index (κ3) is 4.92. The van der Waals surface area contributed by atoms with Crippen molar-refractivity contribution in [1.29, 1.82) is 0 Å². The highest BCUT2D eigenvalue weighted by Gasteiger charge is 2.56. The Morgan fingerprint density at radius 3 is 1.55 bits per heavy atom. The Hall–Kier alpha value is -1.58. The summed E-state index contributed by atoms with van der Waals surface area (Å²) in [5.41, 5.74) is -0.576. The molecular formula is C29H38N2O5S2. The molecule has 6 aliphatic rings. The lowest BCUT2D eigenvalue weighted by atomic mass is 9.94. The number of imide groups is 2. The van der Waals surface area contributed by atoms with E-state index in [4.69, 9.17) is 0 Å². The number of hydrogen-bond donors (Lipinski definition) is 1. The predicted octanol–water partition coefficient (Wildman–Crippen LogP) is 4.54. The number of rotatable bonds is 12. The maximum atomic E-state index is 13.0. The first-order chi connectivity index (χ1) is 18.3. The normalized spacial score (nSPS) is 29.7. The first-order valence-corrected chi connectivity index (χ1v) is 16.4. The predicted molar refractivity (Wildman–Crippen MR) is 148 cm³/mol. The van der Waals surface area contributed by atoms with Gasteiger partial charge in [-0.2, -0.15) is 0 Å². The Labute approximate surface area is 233 Å². The molecule has 0 radical (unpaired) electrons. The summed E-state index contributed by atoms with van der Waals surface area (Å²) in [6.45, 7) is 0. The molecule has 2 saturated heterocycles. The van der Waals surface area contributed by atoms with E-state index in [0.717, 1.165) is 111 Å². The second-order valence-electron chi connectivity index (χ2n) is 12.1. The van der Waals surface area contributed by atoms with Gasteiger partial charge in [-0.15, -0.1) is 23.5 Å². The van der Waals surface area contributed by atoms with Crippen LogP contribution in [0.15, 0.2) is 22.0 Å². The molecule has 0 aromatic heterocycles. The fraction of sp³-hybridized carbons (Fsp3) is 0.724. The van der Waals surface area contributed by atoms with Crippen LogP contribution in [0.25, 0.3) is 0 Å². The number of hydrogen-bond acceptors (Lipinski definition) is 7. The summed E-state index contributed by atoms with van der Waals surface area (Å²) in [4.78, 5) is 56.5. The number of nitrogens with zero attached hydrogens (tertiary/aromatic N) is 2. The summed E-state index contributed by atoms with van der Waals surface area (Å²) >= 11 is 3.29. The molecule has 1 N–H and O–H groups in total. The summed E-state index contributed by atoms with van der Waals surface area (Å²) in [5.74, 6) is 1.39. The number of carbonyl (C=O) groups is 4. The van der Waals surface area contributed by atoms with E-state index >= 15 is 0 Å². The van der Waals surface area contributed by atoms with Gasteiger partial charge < -0.3 is 5.11 Å². The maximum Gasteiger partial charge on any atom is 0.254 e. The Balaban J connectivity index is 0.906. The van der Waals surface area contributed by atoms with Gasteiger partial charge in [-0.3, -0.25) is 29.0 Å². The molecule has 0 aromatic carbocycles. The molecule has 4 aliphatic heterocycles.